The maximum atomic E-state index is 12.5. The summed E-state index contributed by atoms with van der Waals surface area (Å²) in [5.41, 5.74) is 1.95. The number of thioether (sulfide) groups is 1. The van der Waals surface area contributed by atoms with Crippen LogP contribution >= 0.6 is 11.8 Å². The van der Waals surface area contributed by atoms with E-state index in [0.717, 1.165) is 16.9 Å². The molecule has 1 aliphatic heterocycles. The Kier molecular flexibility index (Phi) is 5.34. The van der Waals surface area contributed by atoms with Crippen LogP contribution in [-0.4, -0.2) is 40.9 Å². The quantitative estimate of drug-likeness (QED) is 0.588. The number of amides is 1. The van der Waals surface area contributed by atoms with Gasteiger partial charge in [-0.25, -0.2) is 0 Å². The molecule has 0 bridgehead atoms. The smallest absolute Gasteiger partial charge is 0.257 e. The second-order valence-corrected chi connectivity index (χ2v) is 7.59. The molecule has 28 heavy (non-hydrogen) atoms. The van der Waals surface area contributed by atoms with Crippen LogP contribution in [0.25, 0.3) is 11.5 Å². The molecule has 1 unspecified atom stereocenters. The Morgan fingerprint density at radius 2 is 1.93 bits per heavy atom. The maximum Gasteiger partial charge on any atom is 0.257 e. The van der Waals surface area contributed by atoms with E-state index in [9.17, 15) is 4.79 Å². The van der Waals surface area contributed by atoms with E-state index in [1.54, 1.807) is 18.9 Å². The van der Waals surface area contributed by atoms with Gasteiger partial charge in [0.25, 0.3) is 5.89 Å². The van der Waals surface area contributed by atoms with Crippen LogP contribution < -0.4 is 4.74 Å². The zero-order valence-corrected chi connectivity index (χ0v) is 16.6. The highest BCUT2D eigenvalue weighted by Crippen LogP contribution is 2.30. The van der Waals surface area contributed by atoms with Crippen molar-refractivity contribution in [2.24, 2.45) is 0 Å². The Morgan fingerprint density at radius 3 is 2.61 bits per heavy atom. The second kappa shape index (κ2) is 8.06. The fourth-order valence-corrected chi connectivity index (χ4v) is 3.71. The maximum absolute atomic E-state index is 12.5. The molecule has 1 amide bonds. The van der Waals surface area contributed by atoms with E-state index >= 15 is 0 Å². The lowest BCUT2D eigenvalue weighted by Crippen LogP contribution is -2.24. The van der Waals surface area contributed by atoms with E-state index in [2.05, 4.69) is 40.7 Å². The van der Waals surface area contributed by atoms with Crippen molar-refractivity contribution in [3.8, 4) is 17.2 Å². The summed E-state index contributed by atoms with van der Waals surface area (Å²) < 4.78 is 10.6. The minimum absolute atomic E-state index is 0.0475. The van der Waals surface area contributed by atoms with Crippen molar-refractivity contribution in [2.45, 2.75) is 23.8 Å². The van der Waals surface area contributed by atoms with Crippen LogP contribution in [0.2, 0.25) is 0 Å². The molecule has 1 saturated heterocycles. The average Bonchev–Trinajstić information content (AvgIpc) is 3.36. The van der Waals surface area contributed by atoms with Gasteiger partial charge in [0.1, 0.15) is 5.75 Å². The zero-order valence-electron chi connectivity index (χ0n) is 15.8. The second-order valence-electron chi connectivity index (χ2n) is 6.71. The zero-order chi connectivity index (χ0) is 19.5. The number of hydrogen-bond donors (Lipinski definition) is 0. The van der Waals surface area contributed by atoms with E-state index in [1.165, 1.54) is 4.90 Å². The van der Waals surface area contributed by atoms with E-state index in [1.807, 2.05) is 29.2 Å². The third-order valence-electron chi connectivity index (χ3n) is 4.89. The van der Waals surface area contributed by atoms with Crippen LogP contribution in [0.15, 0.2) is 57.9 Å². The summed E-state index contributed by atoms with van der Waals surface area (Å²) in [6, 6.07) is 15.8. The van der Waals surface area contributed by atoms with Crippen LogP contribution in [0, 0.1) is 0 Å². The SMILES string of the molecule is COc1ccc(-c2nc(C3CC(=O)N(Cc4ccc(SC)cc4)C3)no2)cc1. The van der Waals surface area contributed by atoms with Crippen molar-refractivity contribution in [2.75, 3.05) is 19.9 Å². The molecule has 0 spiro atoms. The normalized spacial score (nSPS) is 16.6. The van der Waals surface area contributed by atoms with Gasteiger partial charge >= 0.3 is 0 Å². The highest BCUT2D eigenvalue weighted by atomic mass is 32.2. The van der Waals surface area contributed by atoms with Crippen molar-refractivity contribution in [3.63, 3.8) is 0 Å². The number of benzene rings is 2. The van der Waals surface area contributed by atoms with Crippen LogP contribution in [0.4, 0.5) is 0 Å². The van der Waals surface area contributed by atoms with E-state index < -0.39 is 0 Å². The molecular weight excluding hydrogens is 374 g/mol. The Labute approximate surface area is 167 Å². The molecule has 6 nitrogen and oxygen atoms in total. The van der Waals surface area contributed by atoms with Crippen molar-refractivity contribution in [3.05, 3.63) is 59.9 Å². The number of rotatable bonds is 6. The number of methoxy groups -OCH3 is 1. The fraction of sp³-hybridized carbons (Fsp3) is 0.286. The standard InChI is InChI=1S/C21H21N3O3S/c1-26-17-7-5-15(6-8-17)21-22-20(23-27-21)16-11-19(25)24(13-16)12-14-3-9-18(28-2)10-4-14/h3-10,16H,11-13H2,1-2H3. The van der Waals surface area contributed by atoms with Gasteiger partial charge in [-0.3, -0.25) is 4.79 Å². The fourth-order valence-electron chi connectivity index (χ4n) is 3.30. The largest absolute Gasteiger partial charge is 0.497 e. The Bertz CT molecular complexity index is 954. The van der Waals surface area contributed by atoms with Crippen molar-refractivity contribution in [1.82, 2.24) is 15.0 Å². The van der Waals surface area contributed by atoms with Gasteiger partial charge in [0.2, 0.25) is 5.91 Å². The van der Waals surface area contributed by atoms with Gasteiger partial charge in [-0.2, -0.15) is 4.98 Å². The summed E-state index contributed by atoms with van der Waals surface area (Å²) >= 11 is 1.71. The molecule has 0 radical (unpaired) electrons. The summed E-state index contributed by atoms with van der Waals surface area (Å²) in [5.74, 6) is 1.88. The minimum Gasteiger partial charge on any atom is -0.497 e. The van der Waals surface area contributed by atoms with Crippen LogP contribution in [0.5, 0.6) is 5.75 Å². The first-order chi connectivity index (χ1) is 13.7. The number of carbonyl (C=O) groups excluding carboxylic acids is 1. The van der Waals surface area contributed by atoms with Crippen LogP contribution in [-0.2, 0) is 11.3 Å². The molecule has 4 rings (SSSR count). The number of ether oxygens (including phenoxy) is 1. The van der Waals surface area contributed by atoms with Gasteiger partial charge in [0.15, 0.2) is 5.82 Å². The Balaban J connectivity index is 1.44. The molecule has 0 N–H and O–H groups in total. The minimum atomic E-state index is -0.0475. The predicted molar refractivity (Wildman–Crippen MR) is 107 cm³/mol. The molecule has 2 aromatic carbocycles. The molecule has 144 valence electrons. The number of hydrogen-bond acceptors (Lipinski definition) is 6. The summed E-state index contributed by atoms with van der Waals surface area (Å²) in [7, 11) is 1.62. The summed E-state index contributed by atoms with van der Waals surface area (Å²) in [5, 5.41) is 4.12. The molecule has 3 aromatic rings. The van der Waals surface area contributed by atoms with E-state index in [-0.39, 0.29) is 11.8 Å². The lowest BCUT2D eigenvalue weighted by Gasteiger charge is -2.16. The van der Waals surface area contributed by atoms with Gasteiger partial charge < -0.3 is 14.2 Å². The van der Waals surface area contributed by atoms with E-state index in [4.69, 9.17) is 9.26 Å². The van der Waals surface area contributed by atoms with Gasteiger partial charge in [-0.1, -0.05) is 17.3 Å². The third-order valence-corrected chi connectivity index (χ3v) is 5.63. The average molecular weight is 395 g/mol. The first kappa shape index (κ1) is 18.6. The third kappa shape index (κ3) is 3.89. The topological polar surface area (TPSA) is 68.5 Å². The van der Waals surface area contributed by atoms with E-state index in [0.29, 0.717) is 31.2 Å². The molecule has 1 aromatic heterocycles. The van der Waals surface area contributed by atoms with Gasteiger partial charge in [-0.05, 0) is 48.2 Å². The monoisotopic (exact) mass is 395 g/mol. The molecule has 0 aliphatic carbocycles. The first-order valence-electron chi connectivity index (χ1n) is 9.05. The van der Waals surface area contributed by atoms with Crippen molar-refractivity contribution >= 4 is 17.7 Å². The molecular formula is C21H21N3O3S. The highest BCUT2D eigenvalue weighted by Gasteiger charge is 2.33. The molecule has 1 atom stereocenters. The van der Waals surface area contributed by atoms with Gasteiger partial charge in [-0.15, -0.1) is 11.8 Å². The van der Waals surface area contributed by atoms with Crippen molar-refractivity contribution < 1.29 is 14.1 Å². The summed E-state index contributed by atoms with van der Waals surface area (Å²) in [6.07, 6.45) is 2.46. The van der Waals surface area contributed by atoms with Crippen molar-refractivity contribution in [1.29, 1.82) is 0 Å². The lowest BCUT2D eigenvalue weighted by atomic mass is 10.1. The molecule has 2 heterocycles. The van der Waals surface area contributed by atoms with Crippen LogP contribution in [0.1, 0.15) is 23.7 Å². The number of nitrogens with zero attached hydrogens (tertiary/aromatic N) is 3. The van der Waals surface area contributed by atoms with Gasteiger partial charge in [0.05, 0.1) is 7.11 Å². The number of carbonyl (C=O) groups is 1. The predicted octanol–water partition coefficient (Wildman–Crippen LogP) is 3.98. The Morgan fingerprint density at radius 1 is 1.18 bits per heavy atom. The highest BCUT2D eigenvalue weighted by molar-refractivity contribution is 7.98. The first-order valence-corrected chi connectivity index (χ1v) is 10.3. The number of likely N-dealkylation sites (tertiary alicyclic amines) is 1. The summed E-state index contributed by atoms with van der Waals surface area (Å²) in [4.78, 5) is 20.0. The molecule has 1 fully saturated rings. The Hall–Kier alpha value is -2.80. The molecule has 7 heteroatoms. The molecule has 0 saturated carbocycles. The van der Waals surface area contributed by atoms with Crippen LogP contribution in [0.3, 0.4) is 0 Å². The number of aromatic nitrogens is 2. The van der Waals surface area contributed by atoms with Gasteiger partial charge in [0, 0.05) is 35.9 Å². The molecule has 1 aliphatic rings. The lowest BCUT2D eigenvalue weighted by molar-refractivity contribution is -0.128. The summed E-state index contributed by atoms with van der Waals surface area (Å²) in [6.45, 7) is 1.21.